The lowest BCUT2D eigenvalue weighted by molar-refractivity contribution is -0.385. The third kappa shape index (κ3) is 8.67. The van der Waals surface area contributed by atoms with E-state index >= 15 is 0 Å². The number of amides is 2. The molecule has 1 aliphatic carbocycles. The average Bonchev–Trinajstić information content (AvgIpc) is 3.03. The molecule has 3 aromatic rings. The number of nitro groups is 1. The molecule has 11 nitrogen and oxygen atoms in total. The van der Waals surface area contributed by atoms with Gasteiger partial charge >= 0.3 is 0 Å². The minimum absolute atomic E-state index is 0.0419. The maximum absolute atomic E-state index is 14.3. The van der Waals surface area contributed by atoms with Gasteiger partial charge in [0.2, 0.25) is 11.8 Å². The Hall–Kier alpha value is -3.58. The van der Waals surface area contributed by atoms with Crippen LogP contribution in [0.25, 0.3) is 0 Å². The summed E-state index contributed by atoms with van der Waals surface area (Å²) in [5.74, 6) is -1.09. The van der Waals surface area contributed by atoms with E-state index in [4.69, 9.17) is 39.5 Å². The third-order valence-electron chi connectivity index (χ3n) is 8.13. The second-order valence-electron chi connectivity index (χ2n) is 11.3. The number of benzene rings is 3. The van der Waals surface area contributed by atoms with Gasteiger partial charge in [-0.05, 0) is 68.7 Å². The molecule has 0 aromatic heterocycles. The number of sulfonamides is 1. The van der Waals surface area contributed by atoms with Crippen LogP contribution in [0.1, 0.15) is 50.2 Å². The molecule has 1 N–H and O–H groups in total. The number of anilines is 1. The van der Waals surface area contributed by atoms with Crippen LogP contribution in [0.15, 0.2) is 59.5 Å². The van der Waals surface area contributed by atoms with Crippen molar-refractivity contribution >= 4 is 68.0 Å². The van der Waals surface area contributed by atoms with Crippen LogP contribution in [-0.2, 0) is 26.2 Å². The van der Waals surface area contributed by atoms with Crippen molar-refractivity contribution in [3.63, 3.8) is 0 Å². The van der Waals surface area contributed by atoms with Crippen LogP contribution >= 0.6 is 34.8 Å². The Morgan fingerprint density at radius 1 is 1.02 bits per heavy atom. The Bertz CT molecular complexity index is 1770. The van der Waals surface area contributed by atoms with Crippen LogP contribution in [0.3, 0.4) is 0 Å². The molecule has 1 saturated carbocycles. The lowest BCUT2D eigenvalue weighted by Crippen LogP contribution is -2.53. The van der Waals surface area contributed by atoms with Crippen molar-refractivity contribution in [3.05, 3.63) is 90.9 Å². The second-order valence-corrected chi connectivity index (χ2v) is 14.5. The van der Waals surface area contributed by atoms with Crippen LogP contribution in [0, 0.1) is 17.0 Å². The van der Waals surface area contributed by atoms with E-state index in [0.29, 0.717) is 10.6 Å². The number of hydrogen-bond donors (Lipinski definition) is 1. The number of nitro benzene ring substituents is 1. The summed E-state index contributed by atoms with van der Waals surface area (Å²) in [5.41, 5.74) is 0.231. The number of carbonyl (C=O) groups excluding carboxylic acids is 2. The third-order valence-corrected chi connectivity index (χ3v) is 10.7. The highest BCUT2D eigenvalue weighted by Gasteiger charge is 2.35. The van der Waals surface area contributed by atoms with Crippen LogP contribution in [-0.4, -0.2) is 55.8 Å². The summed E-state index contributed by atoms with van der Waals surface area (Å²) >= 11 is 18.8. The molecular formula is C32H35Cl3N4O7S. The average molecular weight is 726 g/mol. The van der Waals surface area contributed by atoms with Gasteiger partial charge < -0.3 is 15.0 Å². The Morgan fingerprint density at radius 3 is 2.32 bits per heavy atom. The quantitative estimate of drug-likeness (QED) is 0.158. The van der Waals surface area contributed by atoms with E-state index in [9.17, 15) is 28.1 Å². The normalized spacial score (nSPS) is 14.3. The molecule has 47 heavy (non-hydrogen) atoms. The first-order valence-corrected chi connectivity index (χ1v) is 17.5. The monoisotopic (exact) mass is 724 g/mol. The number of rotatable bonds is 12. The number of nitrogens with zero attached hydrogens (tertiary/aromatic N) is 3. The van der Waals surface area contributed by atoms with Crippen molar-refractivity contribution in [2.45, 2.75) is 69.5 Å². The van der Waals surface area contributed by atoms with E-state index in [1.165, 1.54) is 55.3 Å². The zero-order chi connectivity index (χ0) is 34.5. The molecule has 4 rings (SSSR count). The fourth-order valence-corrected chi connectivity index (χ4v) is 7.50. The predicted molar refractivity (Wildman–Crippen MR) is 182 cm³/mol. The Morgan fingerprint density at radius 2 is 1.68 bits per heavy atom. The van der Waals surface area contributed by atoms with Gasteiger partial charge in [-0.15, -0.1) is 0 Å². The molecule has 1 fully saturated rings. The molecule has 252 valence electrons. The minimum Gasteiger partial charge on any atom is -0.495 e. The zero-order valence-corrected chi connectivity index (χ0v) is 29.1. The molecular weight excluding hydrogens is 691 g/mol. The SMILES string of the molecule is COc1ccc(Cl)cc1N(CC(=O)N(Cc1ccc(Cl)cc1Cl)C(C)C(=O)NC1CCCCC1)S(=O)(=O)c1ccc(C)c([N+](=O)[O-])c1. The summed E-state index contributed by atoms with van der Waals surface area (Å²) in [6, 6.07) is 11.3. The molecule has 2 amide bonds. The highest BCUT2D eigenvalue weighted by Crippen LogP contribution is 2.36. The highest BCUT2D eigenvalue weighted by atomic mass is 35.5. The molecule has 0 aliphatic heterocycles. The van der Waals surface area contributed by atoms with Gasteiger partial charge in [0.05, 0.1) is 22.6 Å². The van der Waals surface area contributed by atoms with Gasteiger partial charge in [0.25, 0.3) is 15.7 Å². The summed E-state index contributed by atoms with van der Waals surface area (Å²) in [6.07, 6.45) is 4.68. The van der Waals surface area contributed by atoms with E-state index in [2.05, 4.69) is 5.32 Å². The maximum Gasteiger partial charge on any atom is 0.273 e. The highest BCUT2D eigenvalue weighted by molar-refractivity contribution is 7.92. The number of aryl methyl sites for hydroxylation is 1. The summed E-state index contributed by atoms with van der Waals surface area (Å²) in [6.45, 7) is 2.08. The fourth-order valence-electron chi connectivity index (χ4n) is 5.43. The van der Waals surface area contributed by atoms with Crippen LogP contribution in [0.5, 0.6) is 5.75 Å². The first-order chi connectivity index (χ1) is 22.2. The molecule has 3 aromatic carbocycles. The number of halogens is 3. The van der Waals surface area contributed by atoms with Gasteiger partial charge in [-0.3, -0.25) is 24.0 Å². The van der Waals surface area contributed by atoms with Crippen LogP contribution in [0.2, 0.25) is 15.1 Å². The molecule has 0 heterocycles. The molecule has 1 atom stereocenters. The number of hydrogen-bond acceptors (Lipinski definition) is 7. The van der Waals surface area contributed by atoms with Crippen molar-refractivity contribution in [1.29, 1.82) is 0 Å². The summed E-state index contributed by atoms with van der Waals surface area (Å²) in [4.78, 5) is 39.7. The molecule has 0 bridgehead atoms. The molecule has 0 saturated heterocycles. The van der Waals surface area contributed by atoms with E-state index in [0.717, 1.165) is 42.5 Å². The van der Waals surface area contributed by atoms with Gasteiger partial charge in [0.1, 0.15) is 18.3 Å². The molecule has 0 spiro atoms. The topological polar surface area (TPSA) is 139 Å². The molecule has 1 aliphatic rings. The summed E-state index contributed by atoms with van der Waals surface area (Å²) in [5, 5.41) is 15.5. The largest absolute Gasteiger partial charge is 0.495 e. The minimum atomic E-state index is -4.66. The van der Waals surface area contributed by atoms with E-state index in [-0.39, 0.29) is 39.6 Å². The molecule has 1 unspecified atom stereocenters. The van der Waals surface area contributed by atoms with Crippen molar-refractivity contribution < 1.29 is 27.7 Å². The Labute approximate surface area is 288 Å². The number of methoxy groups -OCH3 is 1. The number of ether oxygens (including phenoxy) is 1. The lowest BCUT2D eigenvalue weighted by Gasteiger charge is -2.33. The van der Waals surface area contributed by atoms with Crippen molar-refractivity contribution in [1.82, 2.24) is 10.2 Å². The second kappa shape index (κ2) is 15.5. The van der Waals surface area contributed by atoms with E-state index in [1.54, 1.807) is 19.1 Å². The standard InChI is InChI=1S/C32H35Cl3N4O7S/c1-20-9-13-26(17-28(20)39(42)43)47(44,45)38(29-16-24(34)12-14-30(29)46-3)19-31(40)37(18-22-10-11-23(33)15-27(22)35)21(2)32(41)36-25-7-5-4-6-8-25/h9-17,21,25H,4-8,18-19H2,1-3H3,(H,36,41). The van der Waals surface area contributed by atoms with E-state index in [1.807, 2.05) is 0 Å². The Kier molecular flexibility index (Phi) is 12.0. The molecule has 15 heteroatoms. The number of nitrogens with one attached hydrogen (secondary N) is 1. The van der Waals surface area contributed by atoms with Crippen molar-refractivity contribution in [2.75, 3.05) is 18.0 Å². The lowest BCUT2D eigenvalue weighted by atomic mass is 9.95. The Balaban J connectivity index is 1.79. The summed E-state index contributed by atoms with van der Waals surface area (Å²) in [7, 11) is -3.34. The maximum atomic E-state index is 14.3. The summed E-state index contributed by atoms with van der Waals surface area (Å²) < 4.78 is 34.8. The fraction of sp³-hybridized carbons (Fsp3) is 0.375. The van der Waals surface area contributed by atoms with E-state index < -0.39 is 49.9 Å². The van der Waals surface area contributed by atoms with Crippen molar-refractivity contribution in [2.24, 2.45) is 0 Å². The van der Waals surface area contributed by atoms with Crippen LogP contribution < -0.4 is 14.4 Å². The molecule has 0 radical (unpaired) electrons. The van der Waals surface area contributed by atoms with Crippen molar-refractivity contribution in [3.8, 4) is 5.75 Å². The smallest absolute Gasteiger partial charge is 0.273 e. The van der Waals surface area contributed by atoms with Gasteiger partial charge in [-0.1, -0.05) is 66.2 Å². The first-order valence-electron chi connectivity index (χ1n) is 14.9. The van der Waals surface area contributed by atoms with Crippen LogP contribution in [0.4, 0.5) is 11.4 Å². The van der Waals surface area contributed by atoms with Gasteiger partial charge in [-0.2, -0.15) is 0 Å². The van der Waals surface area contributed by atoms with Gasteiger partial charge in [-0.25, -0.2) is 8.42 Å². The first kappa shape index (κ1) is 36.3. The van der Waals surface area contributed by atoms with Gasteiger partial charge in [0.15, 0.2) is 0 Å². The number of carbonyl (C=O) groups is 2. The zero-order valence-electron chi connectivity index (χ0n) is 26.0. The van der Waals surface area contributed by atoms with Gasteiger partial charge in [0, 0.05) is 39.3 Å². The predicted octanol–water partition coefficient (Wildman–Crippen LogP) is 6.93.